The van der Waals surface area contributed by atoms with Crippen LogP contribution in [0.25, 0.3) is 21.9 Å². The third-order valence-electron chi connectivity index (χ3n) is 7.74. The van der Waals surface area contributed by atoms with Crippen LogP contribution in [0.4, 0.5) is 0 Å². The first-order chi connectivity index (χ1) is 34.0. The maximum atomic E-state index is 2.24. The number of aryl methyl sites for hydroxylation is 4. The van der Waals surface area contributed by atoms with E-state index in [0.29, 0.717) is 0 Å². The zero-order valence-corrected chi connectivity index (χ0v) is 51.0. The van der Waals surface area contributed by atoms with E-state index in [9.17, 15) is 0 Å². The van der Waals surface area contributed by atoms with Crippen LogP contribution in [0.1, 0.15) is 200 Å². The van der Waals surface area contributed by atoms with E-state index in [1.54, 1.807) is 0 Å². The first-order valence-corrected chi connectivity index (χ1v) is 27.7. The highest BCUT2D eigenvalue weighted by Gasteiger charge is 1.96. The Kier molecular flexibility index (Phi) is 93.5. The SMILES string of the molecule is CC.CC.CC.CC.CC.CC.CC.CC.CC.CC.CC.CC.Cc1cc(C)c(C)cc1C.c1ccc(-c2ccccc2)cc1.c1ccc(Cc2ccccc2)cc1.c1ccc2ccccc2c1. The van der Waals surface area contributed by atoms with Crippen LogP contribution in [0, 0.1) is 27.7 Å². The van der Waals surface area contributed by atoms with Gasteiger partial charge in [0.1, 0.15) is 0 Å². The Hall–Kier alpha value is -5.20. The van der Waals surface area contributed by atoms with Crippen LogP contribution in [0.3, 0.4) is 0 Å². The monoisotopic (exact) mass is 945 g/mol. The average Bonchev–Trinajstić information content (AvgIpc) is 3.48. The highest BCUT2D eigenvalue weighted by molar-refractivity contribution is 5.82. The number of hydrogen-bond acceptors (Lipinski definition) is 0. The normalized spacial score (nSPS) is 7.48. The van der Waals surface area contributed by atoms with Gasteiger partial charge in [-0.2, -0.15) is 0 Å². The van der Waals surface area contributed by atoms with E-state index < -0.39 is 0 Å². The summed E-state index contributed by atoms with van der Waals surface area (Å²) in [6.45, 7) is 56.6. The van der Waals surface area contributed by atoms with Gasteiger partial charge in [0, 0.05) is 0 Å². The lowest BCUT2D eigenvalue weighted by Crippen LogP contribution is -1.86. The Morgan fingerprint density at radius 3 is 0.551 bits per heavy atom. The lowest BCUT2D eigenvalue weighted by molar-refractivity contribution is 1.19. The quantitative estimate of drug-likeness (QED) is 0.166. The second kappa shape index (κ2) is 77.0. The molecule has 7 aromatic rings. The minimum atomic E-state index is 1.03. The predicted octanol–water partition coefficient (Wildman–Crippen LogP) is 24.7. The smallest absolute Gasteiger partial charge is 0.00258 e. The van der Waals surface area contributed by atoms with Gasteiger partial charge in [-0.3, -0.25) is 0 Å². The number of fused-ring (bicyclic) bond motifs is 1. The Bertz CT molecular complexity index is 1630. The van der Waals surface area contributed by atoms with Crippen molar-refractivity contribution in [3.8, 4) is 11.1 Å². The number of rotatable bonds is 3. The zero-order chi connectivity index (χ0) is 55.7. The largest absolute Gasteiger partial charge is 0.0683 e. The van der Waals surface area contributed by atoms with Crippen molar-refractivity contribution in [2.45, 2.75) is 200 Å². The summed E-state index contributed by atoms with van der Waals surface area (Å²) in [5, 5.41) is 2.62. The van der Waals surface area contributed by atoms with Crippen LogP contribution in [-0.4, -0.2) is 0 Å². The van der Waals surface area contributed by atoms with Crippen molar-refractivity contribution in [2.75, 3.05) is 0 Å². The van der Waals surface area contributed by atoms with E-state index in [-0.39, 0.29) is 0 Å². The van der Waals surface area contributed by atoms with Crippen molar-refractivity contribution in [1.82, 2.24) is 0 Å². The van der Waals surface area contributed by atoms with E-state index >= 15 is 0 Å². The summed E-state index contributed by atoms with van der Waals surface area (Å²) in [5.41, 5.74) is 10.9. The molecule has 7 rings (SSSR count). The molecule has 0 atom stereocenters. The molecule has 392 valence electrons. The second-order valence-electron chi connectivity index (χ2n) is 11.2. The van der Waals surface area contributed by atoms with Crippen molar-refractivity contribution >= 4 is 10.8 Å². The van der Waals surface area contributed by atoms with Crippen LogP contribution in [0.2, 0.25) is 0 Å². The fourth-order valence-corrected chi connectivity index (χ4v) is 4.93. The fraction of sp³-hybridized carbons (Fsp3) is 0.420. The van der Waals surface area contributed by atoms with Gasteiger partial charge in [-0.15, -0.1) is 0 Å². The highest BCUT2D eigenvalue weighted by atomic mass is 14.0. The summed E-state index contributed by atoms with van der Waals surface area (Å²) in [6.07, 6.45) is 1.03. The first kappa shape index (κ1) is 83.8. The van der Waals surface area contributed by atoms with Crippen molar-refractivity contribution in [3.05, 3.63) is 215 Å². The summed E-state index contributed by atoms with van der Waals surface area (Å²) in [6, 6.07) is 63.0. The van der Waals surface area contributed by atoms with Gasteiger partial charge in [-0.1, -0.05) is 348 Å². The minimum absolute atomic E-state index is 1.03. The molecule has 0 radical (unpaired) electrons. The first-order valence-electron chi connectivity index (χ1n) is 27.7. The molecule has 0 unspecified atom stereocenters. The van der Waals surface area contributed by atoms with Crippen molar-refractivity contribution in [2.24, 2.45) is 0 Å². The van der Waals surface area contributed by atoms with Crippen LogP contribution < -0.4 is 0 Å². The van der Waals surface area contributed by atoms with Gasteiger partial charge in [0.15, 0.2) is 0 Å². The van der Waals surface area contributed by atoms with E-state index in [0.717, 1.165) is 6.42 Å². The highest BCUT2D eigenvalue weighted by Crippen LogP contribution is 2.17. The van der Waals surface area contributed by atoms with Crippen LogP contribution in [-0.2, 0) is 6.42 Å². The molecule has 0 spiro atoms. The van der Waals surface area contributed by atoms with Gasteiger partial charge in [0.2, 0.25) is 0 Å². The molecule has 0 bridgehead atoms. The summed E-state index contributed by atoms with van der Waals surface area (Å²) in [5.74, 6) is 0. The second-order valence-corrected chi connectivity index (χ2v) is 11.2. The van der Waals surface area contributed by atoms with E-state index in [1.807, 2.05) is 178 Å². The standard InChI is InChI=1S/C13H12.C12H10.C10H8.C10H14.12C2H6/c1-3-7-12(8-4-1)11-13-9-5-2-6-10-13;1-3-7-11(8-4-1)12-9-5-2-6-10-12;1-2-6-10-8-4-3-7-9(10)5-1;1-7-5-9(3)10(4)6-8(7)2;12*1-2/h1-10H,11H2;1-10H;1-8H;5-6H,1-4H3;12*1-2H3. The van der Waals surface area contributed by atoms with Crippen molar-refractivity contribution < 1.29 is 0 Å². The molecule has 0 aliphatic rings. The van der Waals surface area contributed by atoms with Gasteiger partial charge < -0.3 is 0 Å². The molecule has 69 heavy (non-hydrogen) atoms. The third-order valence-corrected chi connectivity index (χ3v) is 7.74. The van der Waals surface area contributed by atoms with Gasteiger partial charge in [0.05, 0.1) is 0 Å². The van der Waals surface area contributed by atoms with Gasteiger partial charge >= 0.3 is 0 Å². The van der Waals surface area contributed by atoms with Gasteiger partial charge in [-0.25, -0.2) is 0 Å². The van der Waals surface area contributed by atoms with Crippen molar-refractivity contribution in [1.29, 1.82) is 0 Å². The molecule has 0 amide bonds. The molecular weight excluding hydrogens is 829 g/mol. The molecular formula is C69H116. The zero-order valence-electron chi connectivity index (χ0n) is 51.0. The lowest BCUT2D eigenvalue weighted by Gasteiger charge is -2.04. The van der Waals surface area contributed by atoms with E-state index in [1.165, 1.54) is 55.3 Å². The minimum Gasteiger partial charge on any atom is -0.0683 e. The topological polar surface area (TPSA) is 0 Å². The summed E-state index contributed by atoms with van der Waals surface area (Å²) < 4.78 is 0. The molecule has 0 aromatic heterocycles. The van der Waals surface area contributed by atoms with Crippen LogP contribution in [0.5, 0.6) is 0 Å². The van der Waals surface area contributed by atoms with Crippen LogP contribution in [0.15, 0.2) is 182 Å². The number of benzene rings is 7. The molecule has 0 saturated carbocycles. The molecule has 7 aromatic carbocycles. The average molecular weight is 946 g/mol. The van der Waals surface area contributed by atoms with Gasteiger partial charge in [-0.05, 0) is 89.4 Å². The molecule has 0 heteroatoms. The molecule has 0 nitrogen and oxygen atoms in total. The Labute approximate surface area is 435 Å². The Morgan fingerprint density at radius 1 is 0.203 bits per heavy atom. The molecule has 0 N–H and O–H groups in total. The molecule has 0 aliphatic carbocycles. The molecule has 0 saturated heterocycles. The number of hydrogen-bond donors (Lipinski definition) is 0. The van der Waals surface area contributed by atoms with Crippen LogP contribution >= 0.6 is 0 Å². The predicted molar refractivity (Wildman–Crippen MR) is 333 cm³/mol. The summed E-state index contributed by atoms with van der Waals surface area (Å²) >= 11 is 0. The molecule has 0 aliphatic heterocycles. The Morgan fingerprint density at radius 2 is 0.362 bits per heavy atom. The maximum absolute atomic E-state index is 2.24. The molecule has 0 fully saturated rings. The summed E-state index contributed by atoms with van der Waals surface area (Å²) in [4.78, 5) is 0. The van der Waals surface area contributed by atoms with E-state index in [4.69, 9.17) is 0 Å². The van der Waals surface area contributed by atoms with Gasteiger partial charge in [0.25, 0.3) is 0 Å². The summed E-state index contributed by atoms with van der Waals surface area (Å²) in [7, 11) is 0. The Balaban J connectivity index is -0.0000000868. The maximum Gasteiger partial charge on any atom is -0.00258 e. The molecule has 0 heterocycles. The van der Waals surface area contributed by atoms with Crippen molar-refractivity contribution in [3.63, 3.8) is 0 Å². The lowest BCUT2D eigenvalue weighted by atomic mass is 10.0. The third kappa shape index (κ3) is 49.0. The fourth-order valence-electron chi connectivity index (χ4n) is 4.93. The van der Waals surface area contributed by atoms with E-state index in [2.05, 4.69) is 198 Å².